The topological polar surface area (TPSA) is 77.4 Å². The minimum Gasteiger partial charge on any atom is -0.390 e. The monoisotopic (exact) mass is 586 g/mol. The van der Waals surface area contributed by atoms with Gasteiger partial charge >= 0.3 is 0 Å². The van der Waals surface area contributed by atoms with E-state index in [0.29, 0.717) is 11.2 Å². The highest BCUT2D eigenvalue weighted by molar-refractivity contribution is 9.09. The van der Waals surface area contributed by atoms with Crippen molar-refractivity contribution < 1.29 is 29.2 Å². The van der Waals surface area contributed by atoms with Crippen LogP contribution in [0, 0.1) is 0 Å². The molecule has 4 aliphatic heterocycles. The van der Waals surface area contributed by atoms with Crippen LogP contribution in [0.15, 0.2) is 11.6 Å². The first-order valence-electron chi connectivity index (χ1n) is 14.4. The first kappa shape index (κ1) is 30.0. The third-order valence-electron chi connectivity index (χ3n) is 9.82. The molecule has 2 N–H and O–H groups in total. The SMILES string of the molecule is C/C(=C/C[C@H](O)[C@@]1(C)CC[C@@H](C(C)(C)O)O1)[C@@H]1CC[C@@H]2O[C@H]([C@@]3(C)CC[C@H](Br)C(C)(C)O3)CC[C@@]2(C)O1. The van der Waals surface area contributed by atoms with Crippen LogP contribution in [0.1, 0.15) is 113 Å². The third-order valence-corrected chi connectivity index (χ3v) is 11.4. The maximum atomic E-state index is 11.0. The van der Waals surface area contributed by atoms with Crippen LogP contribution in [0.2, 0.25) is 0 Å². The molecular weight excluding hydrogens is 536 g/mol. The molecule has 4 heterocycles. The van der Waals surface area contributed by atoms with Gasteiger partial charge in [-0.05, 0) is 119 Å². The van der Waals surface area contributed by atoms with E-state index in [0.717, 1.165) is 56.9 Å². The Balaban J connectivity index is 1.34. The van der Waals surface area contributed by atoms with Crippen LogP contribution in [0.4, 0.5) is 0 Å². The predicted octanol–water partition coefficient (Wildman–Crippen LogP) is 5.99. The molecule has 0 radical (unpaired) electrons. The van der Waals surface area contributed by atoms with Crippen LogP contribution in [0.25, 0.3) is 0 Å². The van der Waals surface area contributed by atoms with Gasteiger partial charge < -0.3 is 29.2 Å². The van der Waals surface area contributed by atoms with Gasteiger partial charge in [0, 0.05) is 4.83 Å². The lowest BCUT2D eigenvalue weighted by Gasteiger charge is -2.55. The molecule has 37 heavy (non-hydrogen) atoms. The van der Waals surface area contributed by atoms with E-state index in [9.17, 15) is 10.2 Å². The largest absolute Gasteiger partial charge is 0.390 e. The zero-order chi connectivity index (χ0) is 27.4. The van der Waals surface area contributed by atoms with Crippen molar-refractivity contribution in [3.63, 3.8) is 0 Å². The van der Waals surface area contributed by atoms with Gasteiger partial charge in [0.1, 0.15) is 0 Å². The molecule has 0 aliphatic carbocycles. The molecule has 4 rings (SSSR count). The van der Waals surface area contributed by atoms with E-state index in [1.807, 2.05) is 6.92 Å². The zero-order valence-corrected chi connectivity index (χ0v) is 25.9. The Kier molecular flexibility index (Phi) is 8.44. The molecule has 4 fully saturated rings. The number of ether oxygens (including phenoxy) is 4. The lowest BCUT2D eigenvalue weighted by molar-refractivity contribution is -0.284. The summed E-state index contributed by atoms with van der Waals surface area (Å²) in [6.45, 7) is 16.4. The summed E-state index contributed by atoms with van der Waals surface area (Å²) >= 11 is 3.80. The maximum Gasteiger partial charge on any atom is 0.0924 e. The van der Waals surface area contributed by atoms with E-state index in [1.165, 1.54) is 0 Å². The molecule has 4 saturated heterocycles. The number of aliphatic hydroxyl groups excluding tert-OH is 1. The molecule has 0 aromatic carbocycles. The highest BCUT2D eigenvalue weighted by Crippen LogP contribution is 2.48. The second-order valence-electron chi connectivity index (χ2n) is 14.0. The minimum atomic E-state index is -0.903. The summed E-state index contributed by atoms with van der Waals surface area (Å²) in [5.74, 6) is 0. The fraction of sp³-hybridized carbons (Fsp3) is 0.933. The molecule has 0 unspecified atom stereocenters. The van der Waals surface area contributed by atoms with E-state index in [1.54, 1.807) is 13.8 Å². The van der Waals surface area contributed by atoms with Gasteiger partial charge in [0.2, 0.25) is 0 Å². The Morgan fingerprint density at radius 3 is 2.22 bits per heavy atom. The van der Waals surface area contributed by atoms with Gasteiger partial charge in [0.15, 0.2) is 0 Å². The van der Waals surface area contributed by atoms with Gasteiger partial charge in [-0.15, -0.1) is 0 Å². The fourth-order valence-corrected chi connectivity index (χ4v) is 7.26. The number of halogens is 1. The van der Waals surface area contributed by atoms with Crippen LogP contribution in [0.3, 0.4) is 0 Å². The number of rotatable bonds is 6. The van der Waals surface area contributed by atoms with Gasteiger partial charge in [-0.2, -0.15) is 0 Å². The molecule has 0 amide bonds. The average Bonchev–Trinajstić information content (AvgIpc) is 3.22. The van der Waals surface area contributed by atoms with Gasteiger partial charge in [-0.3, -0.25) is 0 Å². The van der Waals surface area contributed by atoms with Gasteiger partial charge in [0.05, 0.1) is 58.5 Å². The van der Waals surface area contributed by atoms with E-state index < -0.39 is 17.3 Å². The molecule has 6 nitrogen and oxygen atoms in total. The van der Waals surface area contributed by atoms with Crippen molar-refractivity contribution in [1.82, 2.24) is 0 Å². The highest BCUT2D eigenvalue weighted by atomic mass is 79.9. The van der Waals surface area contributed by atoms with Crippen molar-refractivity contribution in [1.29, 1.82) is 0 Å². The van der Waals surface area contributed by atoms with Crippen molar-refractivity contribution in [3.05, 3.63) is 11.6 Å². The average molecular weight is 588 g/mol. The van der Waals surface area contributed by atoms with Crippen LogP contribution < -0.4 is 0 Å². The summed E-state index contributed by atoms with van der Waals surface area (Å²) in [4.78, 5) is 0.361. The Bertz CT molecular complexity index is 853. The summed E-state index contributed by atoms with van der Waals surface area (Å²) in [7, 11) is 0. The van der Waals surface area contributed by atoms with Crippen LogP contribution in [0.5, 0.6) is 0 Å². The second-order valence-corrected chi connectivity index (χ2v) is 15.1. The molecule has 7 heteroatoms. The second kappa shape index (κ2) is 10.4. The predicted molar refractivity (Wildman–Crippen MR) is 149 cm³/mol. The highest BCUT2D eigenvalue weighted by Gasteiger charge is 2.54. The van der Waals surface area contributed by atoms with Gasteiger partial charge in [-0.25, -0.2) is 0 Å². The Morgan fingerprint density at radius 1 is 0.946 bits per heavy atom. The molecular formula is C30H51BrO6. The molecule has 0 spiro atoms. The van der Waals surface area contributed by atoms with Crippen molar-refractivity contribution in [2.45, 2.75) is 177 Å². The van der Waals surface area contributed by atoms with Gasteiger partial charge in [0.25, 0.3) is 0 Å². The summed E-state index contributed by atoms with van der Waals surface area (Å²) in [6, 6.07) is 0. The smallest absolute Gasteiger partial charge is 0.0924 e. The van der Waals surface area contributed by atoms with Crippen LogP contribution in [-0.2, 0) is 18.9 Å². The summed E-state index contributed by atoms with van der Waals surface area (Å²) in [5.41, 5.74) is -1.19. The van der Waals surface area contributed by atoms with Crippen LogP contribution in [-0.4, -0.2) is 73.6 Å². The van der Waals surface area contributed by atoms with Crippen LogP contribution >= 0.6 is 15.9 Å². The van der Waals surface area contributed by atoms with E-state index >= 15 is 0 Å². The van der Waals surface area contributed by atoms with Crippen molar-refractivity contribution >= 4 is 15.9 Å². The number of hydrogen-bond acceptors (Lipinski definition) is 6. The summed E-state index contributed by atoms with van der Waals surface area (Å²) in [5, 5.41) is 21.3. The lowest BCUT2D eigenvalue weighted by atomic mass is 9.76. The molecule has 0 aromatic heterocycles. The Labute approximate surface area is 233 Å². The standard InChI is InChI=1S/C30H51BrO6/c1-19(9-11-22(32)28(6)17-14-23(36-28)26(2,3)33)20-10-12-24-29(7,35-20)18-15-25(34-24)30(8)16-13-21(31)27(4,5)37-30/h9,20-25,32-33H,10-18H2,1-8H3/b19-9-/t20-,21-,22-,23-,24-,25-,28+,29+,30+/m0/s1. The molecule has 0 saturated carbocycles. The first-order chi connectivity index (χ1) is 17.0. The van der Waals surface area contributed by atoms with E-state index in [-0.39, 0.29) is 41.2 Å². The number of fused-ring (bicyclic) bond motifs is 1. The van der Waals surface area contributed by atoms with Crippen molar-refractivity contribution in [2.24, 2.45) is 0 Å². The normalized spacial score (nSPS) is 45.9. The fourth-order valence-electron chi connectivity index (χ4n) is 6.94. The molecule has 9 atom stereocenters. The number of hydrogen-bond donors (Lipinski definition) is 2. The van der Waals surface area contributed by atoms with Gasteiger partial charge in [-0.1, -0.05) is 22.0 Å². The quantitative estimate of drug-likeness (QED) is 0.294. The molecule has 4 aliphatic rings. The molecule has 0 aromatic rings. The van der Waals surface area contributed by atoms with E-state index in [2.05, 4.69) is 56.6 Å². The summed E-state index contributed by atoms with van der Waals surface area (Å²) < 4.78 is 26.3. The summed E-state index contributed by atoms with van der Waals surface area (Å²) in [6.07, 6.45) is 9.26. The first-order valence-corrected chi connectivity index (χ1v) is 15.3. The number of alkyl halides is 1. The van der Waals surface area contributed by atoms with Crippen molar-refractivity contribution in [2.75, 3.05) is 0 Å². The van der Waals surface area contributed by atoms with E-state index in [4.69, 9.17) is 18.9 Å². The Hall–Kier alpha value is -0.0200. The zero-order valence-electron chi connectivity index (χ0n) is 24.3. The number of aliphatic hydroxyl groups is 2. The third kappa shape index (κ3) is 6.18. The van der Waals surface area contributed by atoms with Crippen molar-refractivity contribution in [3.8, 4) is 0 Å². The molecule has 214 valence electrons. The minimum absolute atomic E-state index is 0.0321. The maximum absolute atomic E-state index is 11.0. The Morgan fingerprint density at radius 2 is 1.59 bits per heavy atom. The lowest BCUT2D eigenvalue weighted by Crippen LogP contribution is -2.62. The molecule has 0 bridgehead atoms.